The molecule has 0 amide bonds. The highest BCUT2D eigenvalue weighted by molar-refractivity contribution is 7.94. The molecule has 3 aromatic carbocycles. The molecule has 2 aliphatic rings. The van der Waals surface area contributed by atoms with Gasteiger partial charge >= 0.3 is 5.97 Å². The predicted octanol–water partition coefficient (Wildman–Crippen LogP) is 9.45. The number of carbonyl (C=O) groups is 1. The van der Waals surface area contributed by atoms with Crippen molar-refractivity contribution in [3.05, 3.63) is 107 Å². The van der Waals surface area contributed by atoms with E-state index in [0.717, 1.165) is 127 Å². The van der Waals surface area contributed by atoms with Gasteiger partial charge in [0.15, 0.2) is 0 Å². The van der Waals surface area contributed by atoms with Crippen molar-refractivity contribution in [1.82, 2.24) is 32.8 Å². The molecule has 410 valence electrons. The molecule has 0 bridgehead atoms. The number of aryl methyl sites for hydroxylation is 3. The Hall–Kier alpha value is -5.17. The zero-order valence-corrected chi connectivity index (χ0v) is 47.7. The largest absolute Gasteiger partial charge is 0.493 e. The molecule has 0 spiro atoms. The third kappa shape index (κ3) is 16.4. The molecule has 2 fully saturated rings. The first kappa shape index (κ1) is 59.1. The van der Waals surface area contributed by atoms with Crippen LogP contribution in [0, 0.1) is 6.92 Å². The quantitative estimate of drug-likeness (QED) is 0.0321. The Kier molecular flexibility index (Phi) is 23.1. The topological polar surface area (TPSA) is 128 Å². The Morgan fingerprint density at radius 1 is 0.840 bits per heavy atom. The number of hydrogen-bond acceptors (Lipinski definition) is 14. The zero-order valence-electron chi connectivity index (χ0n) is 46.9. The minimum Gasteiger partial charge on any atom is -0.493 e. The number of hydrogen-bond donors (Lipinski definition) is 1. The smallest absolute Gasteiger partial charge is 0.355 e. The van der Waals surface area contributed by atoms with E-state index in [-0.39, 0.29) is 5.97 Å². The maximum atomic E-state index is 14.8. The Balaban J connectivity index is 0.00000452. The van der Waals surface area contributed by atoms with E-state index in [1.165, 1.54) is 5.69 Å². The summed E-state index contributed by atoms with van der Waals surface area (Å²) < 4.78 is 39.5. The van der Waals surface area contributed by atoms with Crippen LogP contribution in [0.2, 0.25) is 0 Å². The lowest BCUT2D eigenvalue weighted by Crippen LogP contribution is -2.48. The number of piperazine rings is 2. The van der Waals surface area contributed by atoms with Crippen LogP contribution in [0.15, 0.2) is 73.3 Å². The van der Waals surface area contributed by atoms with Crippen molar-refractivity contribution in [2.75, 3.05) is 124 Å². The normalized spacial score (nSPS) is 15.0. The van der Waals surface area contributed by atoms with E-state index in [0.29, 0.717) is 71.3 Å². The van der Waals surface area contributed by atoms with Gasteiger partial charge < -0.3 is 38.9 Å². The molecule has 2 aliphatic heterocycles. The molecule has 0 atom stereocenters. The number of fused-ring (bicyclic) bond motifs is 1. The number of para-hydroxylation sites is 1. The first-order chi connectivity index (χ1) is 36.3. The SMILES string of the molecule is C=Cc1cccc(OCCCc2c(C(=O)OC(C)(C)C)n(CCN3CCN(CCOCCOCCN)CC3)c3c(-c4c(C)nn(C)c4COc4ccc(N5CCN(SN(C)C)CC5)cc4)cccc23)c1/C=C\C.CC. The van der Waals surface area contributed by atoms with Gasteiger partial charge in [-0.15, -0.1) is 0 Å². The lowest BCUT2D eigenvalue weighted by molar-refractivity contribution is 0.00556. The summed E-state index contributed by atoms with van der Waals surface area (Å²) in [6.07, 6.45) is 7.21. The molecular formula is C59H87N9O6S. The van der Waals surface area contributed by atoms with Crippen LogP contribution in [0.1, 0.15) is 86.5 Å². The summed E-state index contributed by atoms with van der Waals surface area (Å²) in [6, 6.07) is 20.9. The van der Waals surface area contributed by atoms with Gasteiger partial charge in [-0.2, -0.15) is 5.10 Å². The third-order valence-corrected chi connectivity index (χ3v) is 14.2. The highest BCUT2D eigenvalue weighted by atomic mass is 32.2. The minimum absolute atomic E-state index is 0.312. The van der Waals surface area contributed by atoms with Gasteiger partial charge in [-0.3, -0.25) is 14.5 Å². The summed E-state index contributed by atoms with van der Waals surface area (Å²) in [5.41, 5.74) is 14.4. The summed E-state index contributed by atoms with van der Waals surface area (Å²) >= 11 is 1.78. The van der Waals surface area contributed by atoms with E-state index >= 15 is 0 Å². The maximum absolute atomic E-state index is 14.8. The second-order valence-corrected chi connectivity index (χ2v) is 21.3. The van der Waals surface area contributed by atoms with Gasteiger partial charge in [-0.1, -0.05) is 69.0 Å². The van der Waals surface area contributed by atoms with Gasteiger partial charge in [0, 0.05) is 125 Å². The molecule has 7 rings (SSSR count). The van der Waals surface area contributed by atoms with Crippen LogP contribution >= 0.6 is 12.1 Å². The number of nitrogens with zero attached hydrogens (tertiary/aromatic N) is 8. The molecule has 0 saturated carbocycles. The van der Waals surface area contributed by atoms with Crippen LogP contribution in [0.3, 0.4) is 0 Å². The molecule has 2 saturated heterocycles. The van der Waals surface area contributed by atoms with Crippen molar-refractivity contribution in [2.45, 2.75) is 80.1 Å². The number of ether oxygens (including phenoxy) is 5. The fourth-order valence-electron chi connectivity index (χ4n) is 9.82. The van der Waals surface area contributed by atoms with Crippen LogP contribution < -0.4 is 20.1 Å². The van der Waals surface area contributed by atoms with Crippen molar-refractivity contribution in [3.63, 3.8) is 0 Å². The van der Waals surface area contributed by atoms with E-state index in [4.69, 9.17) is 34.5 Å². The number of carbonyl (C=O) groups excluding carboxylic acids is 1. The van der Waals surface area contributed by atoms with E-state index in [1.54, 1.807) is 12.1 Å². The zero-order chi connectivity index (χ0) is 53.9. The molecular weight excluding hydrogens is 963 g/mol. The number of anilines is 1. The molecule has 4 heterocycles. The van der Waals surface area contributed by atoms with Gasteiger partial charge in [0.05, 0.1) is 49.9 Å². The third-order valence-electron chi connectivity index (χ3n) is 13.3. The second-order valence-electron chi connectivity index (χ2n) is 19.9. The van der Waals surface area contributed by atoms with Crippen molar-refractivity contribution < 1.29 is 28.5 Å². The van der Waals surface area contributed by atoms with Gasteiger partial charge in [0.2, 0.25) is 0 Å². The van der Waals surface area contributed by atoms with Gasteiger partial charge in [0.25, 0.3) is 0 Å². The summed E-state index contributed by atoms with van der Waals surface area (Å²) in [5.74, 6) is 1.27. The molecule has 2 aromatic heterocycles. The average Bonchev–Trinajstić information content (AvgIpc) is 3.88. The lowest BCUT2D eigenvalue weighted by atomic mass is 9.98. The Labute approximate surface area is 452 Å². The molecule has 5 aromatic rings. The van der Waals surface area contributed by atoms with Crippen LogP contribution in [0.5, 0.6) is 11.5 Å². The number of allylic oxidation sites excluding steroid dienone is 1. The Morgan fingerprint density at radius 3 is 2.17 bits per heavy atom. The molecule has 16 heteroatoms. The van der Waals surface area contributed by atoms with E-state index in [1.807, 2.05) is 83.6 Å². The first-order valence-electron chi connectivity index (χ1n) is 27.1. The summed E-state index contributed by atoms with van der Waals surface area (Å²) in [5, 5.41) is 6.02. The van der Waals surface area contributed by atoms with Gasteiger partial charge in [0.1, 0.15) is 29.4 Å². The van der Waals surface area contributed by atoms with E-state index in [9.17, 15) is 4.79 Å². The standard InChI is InChI=1S/C57H81N9O6S.C2H6/c1-10-15-47-44(11-2)16-12-20-52(47)70-37-14-19-49-48-17-13-18-50(53-43(3)59-61(9)51(53)42-71-46-23-21-45(22-24-46)64-31-33-65(34-32-64)73-60(7)8)54(48)66(55(49)56(67)72-57(4,5)6)35-30-62-26-28-63(29-27-62)36-39-69-41-40-68-38-25-58;1-2/h10-13,15-18,20-24H,2,14,19,25-42,58H2,1,3-9H3;1-2H3/b15-10-;. The molecule has 0 unspecified atom stereocenters. The number of benzene rings is 3. The van der Waals surface area contributed by atoms with Gasteiger partial charge in [-0.25, -0.2) is 13.4 Å². The highest BCUT2D eigenvalue weighted by Gasteiger charge is 2.31. The fourth-order valence-corrected chi connectivity index (χ4v) is 10.6. The number of esters is 1. The Morgan fingerprint density at radius 2 is 1.52 bits per heavy atom. The summed E-state index contributed by atoms with van der Waals surface area (Å²) in [6.45, 7) is 31.4. The molecule has 0 radical (unpaired) electrons. The molecule has 15 nitrogen and oxygen atoms in total. The van der Waals surface area contributed by atoms with Crippen molar-refractivity contribution >= 4 is 46.8 Å². The highest BCUT2D eigenvalue weighted by Crippen LogP contribution is 2.39. The molecule has 75 heavy (non-hydrogen) atoms. The Bertz CT molecular complexity index is 2590. The van der Waals surface area contributed by atoms with Crippen molar-refractivity contribution in [2.24, 2.45) is 12.8 Å². The molecule has 0 aliphatic carbocycles. The number of rotatable bonds is 26. The number of nitrogens with two attached hydrogens (primary N) is 1. The average molecular weight is 1050 g/mol. The molecule has 2 N–H and O–H groups in total. The van der Waals surface area contributed by atoms with E-state index in [2.05, 4.69) is 104 Å². The van der Waals surface area contributed by atoms with Crippen molar-refractivity contribution in [3.8, 4) is 22.6 Å². The minimum atomic E-state index is -0.707. The second kappa shape index (κ2) is 29.4. The fraction of sp³-hybridized carbons (Fsp3) is 0.525. The summed E-state index contributed by atoms with van der Waals surface area (Å²) in [7, 11) is 6.16. The number of aromatic nitrogens is 3. The predicted molar refractivity (Wildman–Crippen MR) is 310 cm³/mol. The van der Waals surface area contributed by atoms with Gasteiger partial charge in [-0.05, 0) is 103 Å². The summed E-state index contributed by atoms with van der Waals surface area (Å²) in [4.78, 5) is 22.2. The lowest BCUT2D eigenvalue weighted by Gasteiger charge is -2.36. The van der Waals surface area contributed by atoms with Crippen molar-refractivity contribution in [1.29, 1.82) is 0 Å². The van der Waals surface area contributed by atoms with Crippen LogP contribution in [0.25, 0.3) is 34.2 Å². The maximum Gasteiger partial charge on any atom is 0.355 e. The van der Waals surface area contributed by atoms with E-state index < -0.39 is 5.60 Å². The van der Waals surface area contributed by atoms with Crippen LogP contribution in [-0.4, -0.2) is 163 Å². The monoisotopic (exact) mass is 1050 g/mol. The van der Waals surface area contributed by atoms with Crippen LogP contribution in [0.4, 0.5) is 5.69 Å². The first-order valence-corrected chi connectivity index (χ1v) is 27.8. The van der Waals surface area contributed by atoms with Crippen LogP contribution in [-0.2, 0) is 40.8 Å².